The average molecular weight is 295 g/mol. The normalized spacial score (nSPS) is 19.6. The van der Waals surface area contributed by atoms with Crippen LogP contribution in [0.4, 0.5) is 0 Å². The number of rotatable bonds is 3. The quantitative estimate of drug-likeness (QED) is 0.630. The molecule has 0 radical (unpaired) electrons. The van der Waals surface area contributed by atoms with E-state index < -0.39 is 0 Å². The first kappa shape index (κ1) is 12.4. The molecule has 0 N–H and O–H groups in total. The van der Waals surface area contributed by atoms with Gasteiger partial charge in [0.25, 0.3) is 0 Å². The molecule has 0 saturated heterocycles. The monoisotopic (exact) mass is 296 g/mol. The van der Waals surface area contributed by atoms with Gasteiger partial charge in [-0.1, -0.05) is 0 Å². The minimum absolute atomic E-state index is 0.154. The fraction of sp³-hybridized carbons (Fsp3) is 0.357. The van der Waals surface area contributed by atoms with Gasteiger partial charge in [0.1, 0.15) is 0 Å². The SMILES string of the molecule is COC(=O)C1=CC([Se]c2ccccc2)CCC1. The van der Waals surface area contributed by atoms with E-state index in [1.807, 2.05) is 6.07 Å². The van der Waals surface area contributed by atoms with Gasteiger partial charge < -0.3 is 0 Å². The summed E-state index contributed by atoms with van der Waals surface area (Å²) in [6, 6.07) is 10.5. The van der Waals surface area contributed by atoms with Crippen LogP contribution in [0.1, 0.15) is 19.3 Å². The van der Waals surface area contributed by atoms with Crippen molar-refractivity contribution in [3.8, 4) is 0 Å². The van der Waals surface area contributed by atoms with Crippen molar-refractivity contribution in [3.63, 3.8) is 0 Å². The van der Waals surface area contributed by atoms with Crippen molar-refractivity contribution >= 4 is 25.4 Å². The Morgan fingerprint density at radius 3 is 2.82 bits per heavy atom. The van der Waals surface area contributed by atoms with Crippen LogP contribution in [0, 0.1) is 0 Å². The van der Waals surface area contributed by atoms with Gasteiger partial charge in [-0.25, -0.2) is 0 Å². The Labute approximate surface area is 108 Å². The Kier molecular flexibility index (Phi) is 4.41. The van der Waals surface area contributed by atoms with Gasteiger partial charge >= 0.3 is 108 Å². The summed E-state index contributed by atoms with van der Waals surface area (Å²) in [6.45, 7) is 0. The first-order chi connectivity index (χ1) is 8.29. The molecule has 1 aliphatic rings. The Balaban J connectivity index is 2.04. The molecule has 0 spiro atoms. The Hall–Kier alpha value is -1.05. The standard InChI is InChI=1S/C14H16O2Se/c1-16-14(15)11-6-5-9-13(10-11)17-12-7-3-2-4-8-12/h2-4,7-8,10,13H,5-6,9H2,1H3. The third kappa shape index (κ3) is 3.45. The van der Waals surface area contributed by atoms with Crippen molar-refractivity contribution in [1.29, 1.82) is 0 Å². The van der Waals surface area contributed by atoms with Gasteiger partial charge in [0.2, 0.25) is 0 Å². The second kappa shape index (κ2) is 6.04. The third-order valence-electron chi connectivity index (χ3n) is 2.80. The number of hydrogen-bond donors (Lipinski definition) is 0. The second-order valence-corrected chi connectivity index (χ2v) is 6.80. The molecule has 0 aromatic heterocycles. The van der Waals surface area contributed by atoms with Crippen LogP contribution in [0.5, 0.6) is 0 Å². The maximum absolute atomic E-state index is 11.5. The van der Waals surface area contributed by atoms with E-state index >= 15 is 0 Å². The summed E-state index contributed by atoms with van der Waals surface area (Å²) in [7, 11) is 1.45. The van der Waals surface area contributed by atoms with Gasteiger partial charge in [0.15, 0.2) is 0 Å². The molecule has 0 saturated carbocycles. The zero-order valence-corrected chi connectivity index (χ0v) is 11.6. The van der Waals surface area contributed by atoms with E-state index in [4.69, 9.17) is 4.74 Å². The number of carbonyl (C=O) groups is 1. The molecule has 0 bridgehead atoms. The molecule has 1 aromatic rings. The maximum atomic E-state index is 11.5. The number of methoxy groups -OCH3 is 1. The first-order valence-corrected chi connectivity index (χ1v) is 7.65. The first-order valence-electron chi connectivity index (χ1n) is 5.80. The summed E-state index contributed by atoms with van der Waals surface area (Å²) in [4.78, 5) is 12.0. The van der Waals surface area contributed by atoms with E-state index in [2.05, 4.69) is 30.3 Å². The fourth-order valence-corrected chi connectivity index (χ4v) is 4.43. The molecule has 0 aliphatic heterocycles. The Morgan fingerprint density at radius 2 is 2.12 bits per heavy atom. The molecular weight excluding hydrogens is 279 g/mol. The molecule has 1 atom stereocenters. The van der Waals surface area contributed by atoms with Crippen LogP contribution in [0.2, 0.25) is 4.82 Å². The third-order valence-corrected chi connectivity index (χ3v) is 5.36. The van der Waals surface area contributed by atoms with Crippen molar-refractivity contribution in [2.24, 2.45) is 0 Å². The summed E-state index contributed by atoms with van der Waals surface area (Å²) < 4.78 is 6.18. The zero-order valence-electron chi connectivity index (χ0n) is 9.89. The van der Waals surface area contributed by atoms with Gasteiger partial charge in [0, 0.05) is 0 Å². The number of carbonyl (C=O) groups excluding carboxylic acids is 1. The van der Waals surface area contributed by atoms with Crippen LogP contribution in [-0.4, -0.2) is 28.0 Å². The van der Waals surface area contributed by atoms with Gasteiger partial charge in [-0.3, -0.25) is 0 Å². The topological polar surface area (TPSA) is 26.3 Å². The number of ether oxygens (including phenoxy) is 1. The van der Waals surface area contributed by atoms with Gasteiger partial charge in [-0.2, -0.15) is 0 Å². The summed E-state index contributed by atoms with van der Waals surface area (Å²) in [5, 5.41) is 0. The van der Waals surface area contributed by atoms with Crippen LogP contribution in [0.15, 0.2) is 42.0 Å². The molecule has 0 fully saturated rings. The van der Waals surface area contributed by atoms with Crippen LogP contribution in [-0.2, 0) is 9.53 Å². The molecule has 3 heteroatoms. The predicted octanol–water partition coefficient (Wildman–Crippen LogP) is 2.09. The second-order valence-electron chi connectivity index (χ2n) is 4.05. The number of allylic oxidation sites excluding steroid dienone is 1. The van der Waals surface area contributed by atoms with Crippen molar-refractivity contribution in [2.45, 2.75) is 24.1 Å². The van der Waals surface area contributed by atoms with E-state index in [-0.39, 0.29) is 5.97 Å². The van der Waals surface area contributed by atoms with Crippen LogP contribution in [0.25, 0.3) is 0 Å². The van der Waals surface area contributed by atoms with E-state index in [1.54, 1.807) is 0 Å². The Bertz CT molecular complexity index is 411. The van der Waals surface area contributed by atoms with Gasteiger partial charge in [0.05, 0.1) is 0 Å². The molecule has 1 aliphatic carbocycles. The van der Waals surface area contributed by atoms with E-state index in [1.165, 1.54) is 18.0 Å². The molecule has 0 heterocycles. The van der Waals surface area contributed by atoms with Crippen molar-refractivity contribution in [1.82, 2.24) is 0 Å². The number of hydrogen-bond acceptors (Lipinski definition) is 2. The molecule has 1 aromatic carbocycles. The molecule has 2 nitrogen and oxygen atoms in total. The predicted molar refractivity (Wildman–Crippen MR) is 69.5 cm³/mol. The van der Waals surface area contributed by atoms with E-state index in [0.717, 1.165) is 18.4 Å². The summed E-state index contributed by atoms with van der Waals surface area (Å²) in [5.74, 6) is -0.154. The number of esters is 1. The molecule has 1 unspecified atom stereocenters. The van der Waals surface area contributed by atoms with Gasteiger partial charge in [-0.15, -0.1) is 0 Å². The minimum atomic E-state index is -0.154. The summed E-state index contributed by atoms with van der Waals surface area (Å²) in [5.41, 5.74) is 0.863. The van der Waals surface area contributed by atoms with Crippen LogP contribution >= 0.6 is 0 Å². The van der Waals surface area contributed by atoms with E-state index in [0.29, 0.717) is 19.8 Å². The van der Waals surface area contributed by atoms with Crippen molar-refractivity contribution in [2.75, 3.05) is 7.11 Å². The van der Waals surface area contributed by atoms with Crippen LogP contribution < -0.4 is 4.46 Å². The molecular formula is C14H16O2Se. The van der Waals surface area contributed by atoms with E-state index in [9.17, 15) is 4.79 Å². The summed E-state index contributed by atoms with van der Waals surface area (Å²) >= 11 is 0.418. The number of benzene rings is 1. The zero-order chi connectivity index (χ0) is 12.1. The molecule has 2 rings (SSSR count). The van der Waals surface area contributed by atoms with Gasteiger partial charge in [-0.05, 0) is 0 Å². The fourth-order valence-electron chi connectivity index (χ4n) is 1.95. The average Bonchev–Trinajstić information content (AvgIpc) is 2.39. The molecule has 17 heavy (non-hydrogen) atoms. The molecule has 90 valence electrons. The summed E-state index contributed by atoms with van der Waals surface area (Å²) in [6.07, 6.45) is 5.28. The Morgan fingerprint density at radius 1 is 1.35 bits per heavy atom. The van der Waals surface area contributed by atoms with Crippen molar-refractivity contribution in [3.05, 3.63) is 42.0 Å². The molecule has 0 amide bonds. The van der Waals surface area contributed by atoms with Crippen LogP contribution in [0.3, 0.4) is 0 Å². The van der Waals surface area contributed by atoms with Crippen molar-refractivity contribution < 1.29 is 9.53 Å².